The molecule has 0 unspecified atom stereocenters. The number of benzene rings is 3. The molecule has 0 bridgehead atoms. The summed E-state index contributed by atoms with van der Waals surface area (Å²) in [5, 5.41) is 0. The molecule has 0 aliphatic rings. The van der Waals surface area contributed by atoms with Crippen molar-refractivity contribution in [2.75, 3.05) is 0 Å². The molecule has 0 fully saturated rings. The van der Waals surface area contributed by atoms with Gasteiger partial charge in [0, 0.05) is 27.3 Å². The van der Waals surface area contributed by atoms with Crippen LogP contribution in [0, 0.1) is 0 Å². The zero-order chi connectivity index (χ0) is 15.4. The molecule has 112 valence electrons. The minimum absolute atomic E-state index is 0. The summed E-state index contributed by atoms with van der Waals surface area (Å²) in [5.74, 6) is 0. The Balaban J connectivity index is 0. The third-order valence-corrected chi connectivity index (χ3v) is 2.00. The van der Waals surface area contributed by atoms with Gasteiger partial charge in [0.2, 0.25) is 0 Å². The number of hydrogen-bond acceptors (Lipinski definition) is 0. The van der Waals surface area contributed by atoms with Crippen molar-refractivity contribution in [1.82, 2.24) is 0 Å². The fourth-order valence-electron chi connectivity index (χ4n) is 1.15. The summed E-state index contributed by atoms with van der Waals surface area (Å²) in [7, 11) is 0. The normalized spacial score (nSPS) is 7.14. The molecule has 0 nitrogen and oxygen atoms in total. The van der Waals surface area contributed by atoms with E-state index in [9.17, 15) is 0 Å². The van der Waals surface area contributed by atoms with Gasteiger partial charge in [-0.25, -0.2) is 0 Å². The molecule has 3 rings (SSSR count). The van der Waals surface area contributed by atoms with Gasteiger partial charge in [0.25, 0.3) is 0 Å². The summed E-state index contributed by atoms with van der Waals surface area (Å²) >= 11 is 0. The first-order valence-electron chi connectivity index (χ1n) is 6.99. The van der Waals surface area contributed by atoms with Gasteiger partial charge >= 0.3 is 0 Å². The van der Waals surface area contributed by atoms with Gasteiger partial charge in [-0.15, -0.1) is 6.58 Å². The third-order valence-electron chi connectivity index (χ3n) is 2.00. The maximum absolute atomic E-state index is 3.36. The van der Waals surface area contributed by atoms with E-state index in [1.165, 1.54) is 0 Å². The molecule has 0 aromatic heterocycles. The molecule has 0 saturated heterocycles. The monoisotopic (exact) mass is 484 g/mol. The largest absolute Gasteiger partial charge is 0.103 e. The van der Waals surface area contributed by atoms with E-state index in [2.05, 4.69) is 6.58 Å². The van der Waals surface area contributed by atoms with Crippen molar-refractivity contribution >= 4 is 27.3 Å². The molecule has 22 heavy (non-hydrogen) atoms. The van der Waals surface area contributed by atoms with Gasteiger partial charge in [-0.05, 0) is 6.92 Å². The average Bonchev–Trinajstić information content (AvgIpc) is 2.61. The molecule has 3 aromatic rings. The third kappa shape index (κ3) is 20.6. The molecule has 0 heterocycles. The summed E-state index contributed by atoms with van der Waals surface area (Å²) in [6.07, 6.45) is 1.75. The van der Waals surface area contributed by atoms with E-state index in [0.29, 0.717) is 0 Å². The van der Waals surface area contributed by atoms with Crippen LogP contribution in [0.25, 0.3) is 0 Å². The summed E-state index contributed by atoms with van der Waals surface area (Å²) in [5.41, 5.74) is 0. The molecule has 1 heteroatoms. The Hall–Kier alpha value is -1.68. The van der Waals surface area contributed by atoms with E-state index in [1.54, 1.807) is 6.08 Å². The number of allylic oxidation sites excluding steroid dienone is 1. The first kappa shape index (κ1) is 22.6. The molecular formula is C21H24Pb. The molecule has 3 aromatic carbocycles. The van der Waals surface area contributed by atoms with Gasteiger partial charge < -0.3 is 0 Å². The van der Waals surface area contributed by atoms with Crippen LogP contribution >= 0.6 is 0 Å². The first-order chi connectivity index (χ1) is 10.4. The van der Waals surface area contributed by atoms with Crippen molar-refractivity contribution < 1.29 is 0 Å². The Morgan fingerprint density at radius 3 is 0.500 bits per heavy atom. The van der Waals surface area contributed by atoms with Crippen LogP contribution < -0.4 is 0 Å². The first-order valence-corrected chi connectivity index (χ1v) is 6.99. The standard InChI is InChI=1S/3C6H6.C3H6.Pb/c3*1-2-4-6-5-3-1;1-3-2;/h3*1-6H;3H,1H2,2H3;. The maximum atomic E-state index is 3.36. The van der Waals surface area contributed by atoms with Crippen LogP contribution in [0.4, 0.5) is 0 Å². The van der Waals surface area contributed by atoms with Crippen molar-refractivity contribution in [3.8, 4) is 0 Å². The fourth-order valence-corrected chi connectivity index (χ4v) is 1.15. The fraction of sp³-hybridized carbons (Fsp3) is 0.0476. The molecule has 0 aliphatic heterocycles. The van der Waals surface area contributed by atoms with E-state index >= 15 is 0 Å². The summed E-state index contributed by atoms with van der Waals surface area (Å²) in [6, 6.07) is 36.0. The predicted molar refractivity (Wildman–Crippen MR) is 101 cm³/mol. The molecule has 0 N–H and O–H groups in total. The second-order valence-corrected chi connectivity index (χ2v) is 3.87. The minimum Gasteiger partial charge on any atom is -0.103 e. The Labute approximate surface area is 155 Å². The van der Waals surface area contributed by atoms with Crippen LogP contribution in [0.1, 0.15) is 6.92 Å². The van der Waals surface area contributed by atoms with Crippen LogP contribution in [-0.2, 0) is 0 Å². The van der Waals surface area contributed by atoms with E-state index in [0.717, 1.165) is 0 Å². The number of hydrogen-bond donors (Lipinski definition) is 0. The van der Waals surface area contributed by atoms with Gasteiger partial charge in [-0.3, -0.25) is 0 Å². The van der Waals surface area contributed by atoms with Crippen LogP contribution in [-0.4, -0.2) is 27.3 Å². The van der Waals surface area contributed by atoms with Crippen molar-refractivity contribution in [3.63, 3.8) is 0 Å². The predicted octanol–water partition coefficient (Wildman–Crippen LogP) is 5.87. The second-order valence-electron chi connectivity index (χ2n) is 3.87. The molecular weight excluding hydrogens is 459 g/mol. The Morgan fingerprint density at radius 1 is 0.409 bits per heavy atom. The van der Waals surface area contributed by atoms with Crippen LogP contribution in [0.3, 0.4) is 0 Å². The minimum atomic E-state index is 0. The molecule has 4 radical (unpaired) electrons. The van der Waals surface area contributed by atoms with Gasteiger partial charge in [0.1, 0.15) is 0 Å². The molecule has 0 amide bonds. The van der Waals surface area contributed by atoms with Crippen molar-refractivity contribution in [2.24, 2.45) is 0 Å². The van der Waals surface area contributed by atoms with Gasteiger partial charge in [0.05, 0.1) is 0 Å². The summed E-state index contributed by atoms with van der Waals surface area (Å²) in [4.78, 5) is 0. The van der Waals surface area contributed by atoms with Gasteiger partial charge in [0.15, 0.2) is 0 Å². The van der Waals surface area contributed by atoms with Gasteiger partial charge in [-0.1, -0.05) is 115 Å². The van der Waals surface area contributed by atoms with E-state index in [4.69, 9.17) is 0 Å². The van der Waals surface area contributed by atoms with Crippen LogP contribution in [0.15, 0.2) is 122 Å². The van der Waals surface area contributed by atoms with Crippen LogP contribution in [0.5, 0.6) is 0 Å². The Morgan fingerprint density at radius 2 is 0.455 bits per heavy atom. The molecule has 0 spiro atoms. The zero-order valence-electron chi connectivity index (χ0n) is 13.2. The SMILES string of the molecule is C=CC.[Pb].c1ccccc1.c1ccccc1.c1ccccc1. The summed E-state index contributed by atoms with van der Waals surface area (Å²) < 4.78 is 0. The van der Waals surface area contributed by atoms with Crippen molar-refractivity contribution in [3.05, 3.63) is 122 Å². The zero-order valence-corrected chi connectivity index (χ0v) is 17.1. The molecule has 0 atom stereocenters. The maximum Gasteiger partial charge on any atom is 0 e. The van der Waals surface area contributed by atoms with Crippen molar-refractivity contribution in [2.45, 2.75) is 6.92 Å². The van der Waals surface area contributed by atoms with Crippen LogP contribution in [0.2, 0.25) is 0 Å². The van der Waals surface area contributed by atoms with E-state index < -0.39 is 0 Å². The van der Waals surface area contributed by atoms with Crippen molar-refractivity contribution in [1.29, 1.82) is 0 Å². The quantitative estimate of drug-likeness (QED) is 0.277. The van der Waals surface area contributed by atoms with E-state index in [-0.39, 0.29) is 27.3 Å². The Bertz CT molecular complexity index is 337. The Kier molecular flexibility index (Phi) is 22.2. The molecule has 0 saturated carbocycles. The number of rotatable bonds is 0. The summed E-state index contributed by atoms with van der Waals surface area (Å²) in [6.45, 7) is 5.25. The molecule has 0 aliphatic carbocycles. The topological polar surface area (TPSA) is 0 Å². The van der Waals surface area contributed by atoms with Gasteiger partial charge in [-0.2, -0.15) is 0 Å². The van der Waals surface area contributed by atoms with E-state index in [1.807, 2.05) is 116 Å². The second kappa shape index (κ2) is 21.6. The smallest absolute Gasteiger partial charge is 0 e. The average molecular weight is 484 g/mol.